The monoisotopic (exact) mass is 546 g/mol. The van der Waals surface area contributed by atoms with Gasteiger partial charge in [0, 0.05) is 0 Å². The SMILES string of the molecule is Cc1cc(C)c([Si]([O-])(c2c(C)cc(C)c(C)c2C)c2c(C)cc(C)c(C)c2C)c(C)c1C.[Br-].[Mg+2]. The van der Waals surface area contributed by atoms with Crippen LogP contribution >= 0.6 is 0 Å². The predicted octanol–water partition coefficient (Wildman–Crippen LogP) is 1.34. The summed E-state index contributed by atoms with van der Waals surface area (Å²) < 4.78 is 0. The van der Waals surface area contributed by atoms with Crippen LogP contribution in [-0.4, -0.2) is 31.4 Å². The third-order valence-corrected chi connectivity index (χ3v) is 12.5. The summed E-state index contributed by atoms with van der Waals surface area (Å²) in [7, 11) is -3.56. The van der Waals surface area contributed by atoms with Gasteiger partial charge in [-0.05, 0) is 133 Å². The molecule has 0 saturated heterocycles. The maximum absolute atomic E-state index is 16.0. The first-order valence-electron chi connectivity index (χ1n) is 11.7. The summed E-state index contributed by atoms with van der Waals surface area (Å²) in [5.41, 5.74) is 14.5. The first kappa shape index (κ1) is 31.1. The van der Waals surface area contributed by atoms with Crippen LogP contribution in [0.5, 0.6) is 0 Å². The molecule has 178 valence electrons. The molecule has 0 aromatic heterocycles. The number of halogens is 1. The largest absolute Gasteiger partial charge is 2.00 e. The third-order valence-electron chi connectivity index (χ3n) is 8.13. The smallest absolute Gasteiger partial charge is 1.00 e. The van der Waals surface area contributed by atoms with Crippen molar-refractivity contribution in [1.82, 2.24) is 0 Å². The van der Waals surface area contributed by atoms with Crippen LogP contribution in [0.1, 0.15) is 66.8 Å². The number of benzene rings is 3. The molecule has 0 amide bonds. The molecular formula is C30H39BrMgOSi. The number of hydrogen-bond donors (Lipinski definition) is 0. The summed E-state index contributed by atoms with van der Waals surface area (Å²) in [6, 6.07) is 6.69. The standard InChI is InChI=1S/C30H39OSi.BrH.Mg/c1-16-13-19(4)28(25(10)22(16)7)32(31,29-20(5)14-17(2)23(8)26(29)11)30-21(6)15-18(3)24(9)27(30)12;;/h13-15H,1-12H3;1H;/q-1;;+2/p-1. The Bertz CT molecular complexity index is 1110. The summed E-state index contributed by atoms with van der Waals surface area (Å²) >= 11 is 0. The Morgan fingerprint density at radius 3 is 0.824 bits per heavy atom. The Morgan fingerprint density at radius 2 is 0.618 bits per heavy atom. The fraction of sp³-hybridized carbons (Fsp3) is 0.400. The van der Waals surface area contributed by atoms with Crippen LogP contribution in [0.25, 0.3) is 0 Å². The topological polar surface area (TPSA) is 23.1 Å². The van der Waals surface area contributed by atoms with Crippen molar-refractivity contribution in [3.63, 3.8) is 0 Å². The molecule has 0 saturated carbocycles. The maximum Gasteiger partial charge on any atom is 2.00 e. The van der Waals surface area contributed by atoms with Crippen LogP contribution in [-0.2, 0) is 0 Å². The second-order valence-corrected chi connectivity index (χ2v) is 12.9. The zero-order valence-electron chi connectivity index (χ0n) is 23.2. The molecule has 0 radical (unpaired) electrons. The molecule has 0 aliphatic rings. The van der Waals surface area contributed by atoms with Crippen LogP contribution in [0, 0.1) is 83.1 Å². The fourth-order valence-electron chi connectivity index (χ4n) is 5.85. The zero-order valence-corrected chi connectivity index (χ0v) is 27.2. The van der Waals surface area contributed by atoms with Gasteiger partial charge in [0.1, 0.15) is 0 Å². The minimum absolute atomic E-state index is 0. The molecule has 3 aromatic carbocycles. The van der Waals surface area contributed by atoms with Gasteiger partial charge in [-0.3, -0.25) is 0 Å². The van der Waals surface area contributed by atoms with Crippen LogP contribution in [0.15, 0.2) is 18.2 Å². The molecule has 0 aliphatic carbocycles. The molecule has 0 fully saturated rings. The van der Waals surface area contributed by atoms with Crippen molar-refractivity contribution in [2.75, 3.05) is 0 Å². The van der Waals surface area contributed by atoms with Crippen molar-refractivity contribution in [1.29, 1.82) is 0 Å². The van der Waals surface area contributed by atoms with Crippen LogP contribution < -0.4 is 37.3 Å². The second kappa shape index (κ2) is 11.0. The summed E-state index contributed by atoms with van der Waals surface area (Å²) in [4.78, 5) is 16.0. The molecule has 3 aromatic rings. The van der Waals surface area contributed by atoms with E-state index in [0.717, 1.165) is 32.3 Å². The van der Waals surface area contributed by atoms with Crippen molar-refractivity contribution >= 4 is 46.9 Å². The van der Waals surface area contributed by atoms with Crippen molar-refractivity contribution < 1.29 is 21.8 Å². The van der Waals surface area contributed by atoms with E-state index in [0.29, 0.717) is 0 Å². The van der Waals surface area contributed by atoms with Gasteiger partial charge in [-0.25, -0.2) is 0 Å². The molecule has 4 heteroatoms. The van der Waals surface area contributed by atoms with Gasteiger partial charge in [0.25, 0.3) is 0 Å². The number of aryl methyl sites for hydroxylation is 6. The van der Waals surface area contributed by atoms with Crippen molar-refractivity contribution in [2.24, 2.45) is 0 Å². The van der Waals surface area contributed by atoms with Crippen LogP contribution in [0.4, 0.5) is 0 Å². The van der Waals surface area contributed by atoms with Crippen molar-refractivity contribution in [3.8, 4) is 0 Å². The Kier molecular flexibility index (Phi) is 10.1. The summed E-state index contributed by atoms with van der Waals surface area (Å²) in [6.45, 7) is 25.9. The Balaban J connectivity index is 0.00000289. The Labute approximate surface area is 235 Å². The maximum atomic E-state index is 16.0. The Morgan fingerprint density at radius 1 is 0.412 bits per heavy atom. The van der Waals surface area contributed by atoms with E-state index >= 15 is 4.80 Å². The van der Waals surface area contributed by atoms with Gasteiger partial charge < -0.3 is 21.8 Å². The summed E-state index contributed by atoms with van der Waals surface area (Å²) in [5.74, 6) is 0. The van der Waals surface area contributed by atoms with E-state index in [-0.39, 0.29) is 40.0 Å². The van der Waals surface area contributed by atoms with Crippen molar-refractivity contribution in [2.45, 2.75) is 83.1 Å². The first-order chi connectivity index (χ1) is 14.7. The first-order valence-corrected chi connectivity index (χ1v) is 13.6. The van der Waals surface area contributed by atoms with E-state index in [1.807, 2.05) is 0 Å². The van der Waals surface area contributed by atoms with E-state index in [1.165, 1.54) is 50.1 Å². The third kappa shape index (κ3) is 4.73. The molecule has 0 bridgehead atoms. The average Bonchev–Trinajstić information content (AvgIpc) is 2.68. The molecule has 1 nitrogen and oxygen atoms in total. The fourth-order valence-corrected chi connectivity index (χ4v) is 10.6. The second-order valence-electron chi connectivity index (χ2n) is 10.1. The predicted molar refractivity (Wildman–Crippen MR) is 147 cm³/mol. The molecule has 0 aliphatic heterocycles. The minimum atomic E-state index is -3.56. The van der Waals surface area contributed by atoms with Gasteiger partial charge in [-0.2, -0.15) is 0 Å². The summed E-state index contributed by atoms with van der Waals surface area (Å²) in [5, 5.41) is 3.18. The van der Waals surface area contributed by atoms with E-state index in [1.54, 1.807) is 0 Å². The molecule has 0 N–H and O–H groups in total. The molecular weight excluding hydrogens is 509 g/mol. The van der Waals surface area contributed by atoms with E-state index in [9.17, 15) is 0 Å². The quantitative estimate of drug-likeness (QED) is 0.359. The van der Waals surface area contributed by atoms with E-state index in [4.69, 9.17) is 0 Å². The van der Waals surface area contributed by atoms with Crippen molar-refractivity contribution in [3.05, 3.63) is 85.0 Å². The van der Waals surface area contributed by atoms with Crippen LogP contribution in [0.2, 0.25) is 0 Å². The minimum Gasteiger partial charge on any atom is -1.00 e. The van der Waals surface area contributed by atoms with Gasteiger partial charge >= 0.3 is 23.1 Å². The number of hydrogen-bond acceptors (Lipinski definition) is 1. The van der Waals surface area contributed by atoms with E-state index in [2.05, 4.69) is 101 Å². The molecule has 0 spiro atoms. The van der Waals surface area contributed by atoms with Gasteiger partial charge in [-0.15, -0.1) is 0 Å². The van der Waals surface area contributed by atoms with Gasteiger partial charge in [0.2, 0.25) is 0 Å². The van der Waals surface area contributed by atoms with Gasteiger partial charge in [0.05, 0.1) is 8.32 Å². The molecule has 3 rings (SSSR count). The molecule has 0 heterocycles. The average molecular weight is 548 g/mol. The van der Waals surface area contributed by atoms with Gasteiger partial charge in [0.15, 0.2) is 0 Å². The normalized spacial score (nSPS) is 11.2. The molecule has 0 atom stereocenters. The zero-order chi connectivity index (χ0) is 24.3. The number of rotatable bonds is 3. The van der Waals surface area contributed by atoms with E-state index < -0.39 is 8.32 Å². The van der Waals surface area contributed by atoms with Crippen LogP contribution in [0.3, 0.4) is 0 Å². The molecule has 0 unspecified atom stereocenters. The molecule has 34 heavy (non-hydrogen) atoms. The Hall–Kier alpha value is -0.917. The summed E-state index contributed by atoms with van der Waals surface area (Å²) in [6.07, 6.45) is 0. The van der Waals surface area contributed by atoms with Gasteiger partial charge in [-0.1, -0.05) is 50.4 Å².